The van der Waals surface area contributed by atoms with Crippen LogP contribution in [0.4, 0.5) is 17.1 Å². The molecule has 0 saturated carbocycles. The number of hydrogen-bond donors (Lipinski definition) is 0. The molecule has 0 N–H and O–H groups in total. The van der Waals surface area contributed by atoms with Crippen LogP contribution in [0, 0.1) is 0 Å². The minimum Gasteiger partial charge on any atom is -0.310 e. The lowest BCUT2D eigenvalue weighted by Crippen LogP contribution is -2.10. The van der Waals surface area contributed by atoms with E-state index >= 15 is 0 Å². The zero-order chi connectivity index (χ0) is 39.6. The SMILES string of the molecule is c1ccc(-c2ccc3c4c(-c5cccc(N(c6ccc7c(ccc8ccccc87)c6)c6ccc7c(ccc8ccccc87)c6)c5)cccc4n(-c4ccccc4)c3c2)cc1. The lowest BCUT2D eigenvalue weighted by Gasteiger charge is -2.27. The van der Waals surface area contributed by atoms with Crippen LogP contribution in [0.1, 0.15) is 0 Å². The van der Waals surface area contributed by atoms with Gasteiger partial charge in [-0.15, -0.1) is 0 Å². The van der Waals surface area contributed by atoms with E-state index in [4.69, 9.17) is 0 Å². The van der Waals surface area contributed by atoms with Gasteiger partial charge in [0.05, 0.1) is 11.0 Å². The van der Waals surface area contributed by atoms with Crippen LogP contribution in [0.15, 0.2) is 231 Å². The molecular weight excluding hydrogens is 725 g/mol. The molecule has 12 aromatic rings. The van der Waals surface area contributed by atoms with Crippen LogP contribution < -0.4 is 4.90 Å². The first kappa shape index (κ1) is 34.1. The molecule has 0 bridgehead atoms. The van der Waals surface area contributed by atoms with E-state index in [9.17, 15) is 0 Å². The van der Waals surface area contributed by atoms with Gasteiger partial charge >= 0.3 is 0 Å². The highest BCUT2D eigenvalue weighted by Gasteiger charge is 2.20. The van der Waals surface area contributed by atoms with Crippen molar-refractivity contribution >= 4 is 82.0 Å². The van der Waals surface area contributed by atoms with E-state index in [0.717, 1.165) is 22.7 Å². The zero-order valence-corrected chi connectivity index (χ0v) is 32.8. The first-order chi connectivity index (χ1) is 29.7. The molecule has 11 aromatic carbocycles. The van der Waals surface area contributed by atoms with Gasteiger partial charge in [-0.1, -0.05) is 170 Å². The maximum Gasteiger partial charge on any atom is 0.0547 e. The van der Waals surface area contributed by atoms with Crippen LogP contribution in [-0.4, -0.2) is 4.57 Å². The number of hydrogen-bond acceptors (Lipinski definition) is 1. The normalized spacial score (nSPS) is 11.7. The molecule has 0 fully saturated rings. The van der Waals surface area contributed by atoms with Gasteiger partial charge < -0.3 is 9.47 Å². The Morgan fingerprint density at radius 1 is 0.283 bits per heavy atom. The van der Waals surface area contributed by atoms with E-state index in [1.54, 1.807) is 0 Å². The number of anilines is 3. The van der Waals surface area contributed by atoms with Gasteiger partial charge in [0, 0.05) is 33.5 Å². The predicted octanol–water partition coefficient (Wildman–Crippen LogP) is 16.2. The van der Waals surface area contributed by atoms with Gasteiger partial charge in [0.25, 0.3) is 0 Å². The molecule has 0 aliphatic carbocycles. The average Bonchev–Trinajstić information content (AvgIpc) is 3.66. The van der Waals surface area contributed by atoms with Crippen LogP contribution in [-0.2, 0) is 0 Å². The van der Waals surface area contributed by atoms with Crippen LogP contribution in [0.3, 0.4) is 0 Å². The summed E-state index contributed by atoms with van der Waals surface area (Å²) >= 11 is 0. The molecule has 1 aromatic heterocycles. The third-order valence-corrected chi connectivity index (χ3v) is 12.3. The molecule has 280 valence electrons. The van der Waals surface area contributed by atoms with Gasteiger partial charge in [-0.3, -0.25) is 0 Å². The van der Waals surface area contributed by atoms with Crippen molar-refractivity contribution in [2.75, 3.05) is 4.90 Å². The molecule has 12 rings (SSSR count). The number of para-hydroxylation sites is 1. The molecule has 0 spiro atoms. The lowest BCUT2D eigenvalue weighted by atomic mass is 9.97. The third kappa shape index (κ3) is 5.57. The Morgan fingerprint density at radius 3 is 1.50 bits per heavy atom. The molecule has 0 aliphatic heterocycles. The number of rotatable bonds is 6. The molecule has 1 heterocycles. The minimum absolute atomic E-state index is 1.10. The second-order valence-corrected chi connectivity index (χ2v) is 15.7. The molecule has 0 radical (unpaired) electrons. The molecule has 0 unspecified atom stereocenters. The Balaban J connectivity index is 1.07. The molecule has 60 heavy (non-hydrogen) atoms. The van der Waals surface area contributed by atoms with E-state index in [1.807, 2.05) is 0 Å². The fourth-order valence-corrected chi connectivity index (χ4v) is 9.51. The summed E-state index contributed by atoms with van der Waals surface area (Å²) in [5, 5.41) is 12.5. The fraction of sp³-hybridized carbons (Fsp3) is 0. The van der Waals surface area contributed by atoms with Gasteiger partial charge in [-0.05, 0) is 126 Å². The first-order valence-corrected chi connectivity index (χ1v) is 20.7. The maximum absolute atomic E-state index is 2.42. The summed E-state index contributed by atoms with van der Waals surface area (Å²) in [6.07, 6.45) is 0. The average molecular weight is 763 g/mol. The van der Waals surface area contributed by atoms with Crippen molar-refractivity contribution in [3.05, 3.63) is 231 Å². The third-order valence-electron chi connectivity index (χ3n) is 12.3. The topological polar surface area (TPSA) is 8.17 Å². The maximum atomic E-state index is 2.42. The molecule has 0 atom stereocenters. The van der Waals surface area contributed by atoms with Gasteiger partial charge in [0.15, 0.2) is 0 Å². The largest absolute Gasteiger partial charge is 0.310 e. The highest BCUT2D eigenvalue weighted by Crippen LogP contribution is 2.44. The van der Waals surface area contributed by atoms with Crippen LogP contribution >= 0.6 is 0 Å². The van der Waals surface area contributed by atoms with Crippen molar-refractivity contribution in [1.82, 2.24) is 4.57 Å². The second-order valence-electron chi connectivity index (χ2n) is 15.7. The summed E-state index contributed by atoms with van der Waals surface area (Å²) in [6, 6.07) is 84.4. The van der Waals surface area contributed by atoms with Crippen LogP contribution in [0.25, 0.3) is 92.8 Å². The highest BCUT2D eigenvalue weighted by molar-refractivity contribution is 6.17. The Morgan fingerprint density at radius 2 is 0.817 bits per heavy atom. The highest BCUT2D eigenvalue weighted by atomic mass is 15.1. The van der Waals surface area contributed by atoms with Crippen LogP contribution in [0.5, 0.6) is 0 Å². The molecule has 2 heteroatoms. The number of nitrogens with zero attached hydrogens (tertiary/aromatic N) is 2. The molecule has 0 amide bonds. The molecule has 2 nitrogen and oxygen atoms in total. The van der Waals surface area contributed by atoms with E-state index < -0.39 is 0 Å². The van der Waals surface area contributed by atoms with Crippen molar-refractivity contribution in [1.29, 1.82) is 0 Å². The van der Waals surface area contributed by atoms with Crippen molar-refractivity contribution in [2.24, 2.45) is 0 Å². The predicted molar refractivity (Wildman–Crippen MR) is 256 cm³/mol. The van der Waals surface area contributed by atoms with Gasteiger partial charge in [0.2, 0.25) is 0 Å². The van der Waals surface area contributed by atoms with Gasteiger partial charge in [-0.25, -0.2) is 0 Å². The molecule has 0 aliphatic rings. The van der Waals surface area contributed by atoms with E-state index in [0.29, 0.717) is 0 Å². The Labute approximate surface area is 348 Å². The zero-order valence-electron chi connectivity index (χ0n) is 32.8. The monoisotopic (exact) mass is 762 g/mol. The Kier molecular flexibility index (Phi) is 7.89. The van der Waals surface area contributed by atoms with E-state index in [1.165, 1.54) is 87.1 Å². The first-order valence-electron chi connectivity index (χ1n) is 20.7. The van der Waals surface area contributed by atoms with E-state index in [2.05, 4.69) is 240 Å². The van der Waals surface area contributed by atoms with Crippen molar-refractivity contribution in [3.8, 4) is 27.9 Å². The van der Waals surface area contributed by atoms with Crippen molar-refractivity contribution < 1.29 is 0 Å². The Bertz CT molecular complexity index is 3480. The summed E-state index contributed by atoms with van der Waals surface area (Å²) in [4.78, 5) is 2.42. The number of benzene rings is 11. The van der Waals surface area contributed by atoms with Gasteiger partial charge in [0.1, 0.15) is 0 Å². The molecular formula is C58H38N2. The van der Waals surface area contributed by atoms with Crippen LogP contribution in [0.2, 0.25) is 0 Å². The summed E-state index contributed by atoms with van der Waals surface area (Å²) < 4.78 is 2.42. The van der Waals surface area contributed by atoms with E-state index in [-0.39, 0.29) is 0 Å². The summed E-state index contributed by atoms with van der Waals surface area (Å²) in [5.41, 5.74) is 11.6. The van der Waals surface area contributed by atoms with Crippen molar-refractivity contribution in [3.63, 3.8) is 0 Å². The summed E-state index contributed by atoms with van der Waals surface area (Å²) in [7, 11) is 0. The second kappa shape index (κ2) is 13.9. The summed E-state index contributed by atoms with van der Waals surface area (Å²) in [6.45, 7) is 0. The number of aromatic nitrogens is 1. The summed E-state index contributed by atoms with van der Waals surface area (Å²) in [5.74, 6) is 0. The number of fused-ring (bicyclic) bond motifs is 9. The quantitative estimate of drug-likeness (QED) is 0.153. The Hall–Kier alpha value is -7.94. The minimum atomic E-state index is 1.10. The van der Waals surface area contributed by atoms with Crippen molar-refractivity contribution in [2.45, 2.75) is 0 Å². The standard InChI is InChI=1S/C58H38N2/c1-3-13-39(14-4-1)42-29-32-55-57(38-42)60(46-18-5-2-6-19-46)56-24-12-23-54(58(55)56)43-17-11-20-47(35-43)59(48-30-33-52-44(36-48)27-25-40-15-7-9-21-50(40)52)49-31-34-53-45(37-49)28-26-41-16-8-10-22-51(41)53/h1-38H. The lowest BCUT2D eigenvalue weighted by molar-refractivity contribution is 1.18. The smallest absolute Gasteiger partial charge is 0.0547 e. The fourth-order valence-electron chi connectivity index (χ4n) is 9.51. The molecule has 0 saturated heterocycles. The van der Waals surface area contributed by atoms with Gasteiger partial charge in [-0.2, -0.15) is 0 Å².